The molecule has 0 radical (unpaired) electrons. The van der Waals surface area contributed by atoms with Gasteiger partial charge in [-0.1, -0.05) is 18.2 Å². The van der Waals surface area contributed by atoms with Gasteiger partial charge in [0.1, 0.15) is 5.82 Å². The molecule has 3 nitrogen and oxygen atoms in total. The van der Waals surface area contributed by atoms with E-state index >= 15 is 0 Å². The first-order valence-electron chi connectivity index (χ1n) is 4.60. The highest BCUT2D eigenvalue weighted by Crippen LogP contribution is 2.11. The van der Waals surface area contributed by atoms with Gasteiger partial charge in [0.2, 0.25) is 5.91 Å². The topological polar surface area (TPSA) is 41.1 Å². The van der Waals surface area contributed by atoms with E-state index in [2.05, 4.69) is 17.2 Å². The van der Waals surface area contributed by atoms with Gasteiger partial charge in [-0.15, -0.1) is 6.58 Å². The Bertz CT molecular complexity index is 352. The molecule has 1 amide bonds. The number of para-hydroxylation sites is 1. The normalized spacial score (nSPS) is 9.40. The summed E-state index contributed by atoms with van der Waals surface area (Å²) in [4.78, 5) is 11.1. The van der Waals surface area contributed by atoms with Crippen LogP contribution in [0.15, 0.2) is 36.9 Å². The number of halogens is 1. The summed E-state index contributed by atoms with van der Waals surface area (Å²) in [5.41, 5.74) is 0.325. The summed E-state index contributed by atoms with van der Waals surface area (Å²) in [5.74, 6) is -0.563. The second-order valence-electron chi connectivity index (χ2n) is 2.93. The maximum absolute atomic E-state index is 13.1. The lowest BCUT2D eigenvalue weighted by Crippen LogP contribution is -2.29. The average molecular weight is 208 g/mol. The summed E-state index contributed by atoms with van der Waals surface area (Å²) in [6.45, 7) is 3.93. The molecule has 80 valence electrons. The van der Waals surface area contributed by atoms with E-state index in [1.165, 1.54) is 6.07 Å². The Kier molecular flexibility index (Phi) is 4.34. The summed E-state index contributed by atoms with van der Waals surface area (Å²) in [6.07, 6.45) is 1.58. The second-order valence-corrected chi connectivity index (χ2v) is 2.93. The summed E-state index contributed by atoms with van der Waals surface area (Å²) in [6, 6.07) is 6.21. The molecule has 1 aromatic carbocycles. The molecule has 4 heteroatoms. The van der Waals surface area contributed by atoms with Crippen LogP contribution in [0.1, 0.15) is 0 Å². The van der Waals surface area contributed by atoms with E-state index in [0.717, 1.165) is 0 Å². The van der Waals surface area contributed by atoms with Gasteiger partial charge in [0, 0.05) is 6.54 Å². The standard InChI is InChI=1S/C11H13FN2O/c1-2-7-13-11(15)8-14-10-6-4-3-5-9(10)12/h2-6,14H,1,7-8H2,(H,13,15). The maximum atomic E-state index is 13.1. The van der Waals surface area contributed by atoms with Crippen molar-refractivity contribution in [1.82, 2.24) is 5.32 Å². The first-order valence-corrected chi connectivity index (χ1v) is 4.60. The lowest BCUT2D eigenvalue weighted by Gasteiger charge is -2.06. The van der Waals surface area contributed by atoms with E-state index in [4.69, 9.17) is 0 Å². The van der Waals surface area contributed by atoms with Crippen LogP contribution >= 0.6 is 0 Å². The number of anilines is 1. The fourth-order valence-corrected chi connectivity index (χ4v) is 1.03. The molecule has 0 bridgehead atoms. The van der Waals surface area contributed by atoms with Crippen molar-refractivity contribution >= 4 is 11.6 Å². The Balaban J connectivity index is 2.40. The first-order chi connectivity index (χ1) is 7.24. The predicted molar refractivity (Wildman–Crippen MR) is 58.1 cm³/mol. The monoisotopic (exact) mass is 208 g/mol. The minimum absolute atomic E-state index is 0.0504. The molecular formula is C11H13FN2O. The van der Waals surface area contributed by atoms with E-state index in [-0.39, 0.29) is 18.3 Å². The van der Waals surface area contributed by atoms with Crippen LogP contribution in [0.25, 0.3) is 0 Å². The van der Waals surface area contributed by atoms with E-state index in [0.29, 0.717) is 12.2 Å². The lowest BCUT2D eigenvalue weighted by molar-refractivity contribution is -0.119. The molecule has 0 spiro atoms. The van der Waals surface area contributed by atoms with E-state index < -0.39 is 0 Å². The highest BCUT2D eigenvalue weighted by molar-refractivity contribution is 5.80. The lowest BCUT2D eigenvalue weighted by atomic mass is 10.3. The third kappa shape index (κ3) is 3.81. The van der Waals surface area contributed by atoms with Gasteiger partial charge in [-0.25, -0.2) is 4.39 Å². The number of nitrogens with one attached hydrogen (secondary N) is 2. The number of carbonyl (C=O) groups excluding carboxylic acids is 1. The van der Waals surface area contributed by atoms with E-state index in [1.54, 1.807) is 24.3 Å². The SMILES string of the molecule is C=CCNC(=O)CNc1ccccc1F. The maximum Gasteiger partial charge on any atom is 0.239 e. The quantitative estimate of drug-likeness (QED) is 0.721. The largest absolute Gasteiger partial charge is 0.374 e. The van der Waals surface area contributed by atoms with E-state index in [1.807, 2.05) is 0 Å². The zero-order valence-electron chi connectivity index (χ0n) is 8.29. The minimum Gasteiger partial charge on any atom is -0.374 e. The van der Waals surface area contributed by atoms with Gasteiger partial charge < -0.3 is 10.6 Å². The van der Waals surface area contributed by atoms with Crippen molar-refractivity contribution in [2.75, 3.05) is 18.4 Å². The molecule has 1 rings (SSSR count). The average Bonchev–Trinajstić information content (AvgIpc) is 2.25. The van der Waals surface area contributed by atoms with Gasteiger partial charge >= 0.3 is 0 Å². The van der Waals surface area contributed by atoms with Crippen molar-refractivity contribution < 1.29 is 9.18 Å². The molecule has 0 saturated carbocycles. The summed E-state index contributed by atoms with van der Waals surface area (Å²) >= 11 is 0. The van der Waals surface area contributed by atoms with Crippen LogP contribution in [0.4, 0.5) is 10.1 Å². The van der Waals surface area contributed by atoms with Crippen molar-refractivity contribution in [3.63, 3.8) is 0 Å². The fourth-order valence-electron chi connectivity index (χ4n) is 1.03. The van der Waals surface area contributed by atoms with Gasteiger partial charge in [-0.2, -0.15) is 0 Å². The second kappa shape index (κ2) is 5.80. The Labute approximate surface area is 88.0 Å². The number of amides is 1. The van der Waals surface area contributed by atoms with Crippen LogP contribution in [-0.2, 0) is 4.79 Å². The number of rotatable bonds is 5. The van der Waals surface area contributed by atoms with Gasteiger partial charge in [-0.05, 0) is 12.1 Å². The number of benzene rings is 1. The zero-order chi connectivity index (χ0) is 11.1. The van der Waals surface area contributed by atoms with Crippen molar-refractivity contribution in [3.05, 3.63) is 42.7 Å². The summed E-state index contributed by atoms with van der Waals surface area (Å²) < 4.78 is 13.1. The molecule has 2 N–H and O–H groups in total. The number of hydrogen-bond acceptors (Lipinski definition) is 2. The Morgan fingerprint density at radius 1 is 1.47 bits per heavy atom. The molecule has 0 unspecified atom stereocenters. The van der Waals surface area contributed by atoms with Gasteiger partial charge in [0.05, 0.1) is 12.2 Å². The Morgan fingerprint density at radius 2 is 2.20 bits per heavy atom. The number of carbonyl (C=O) groups is 1. The summed E-state index contributed by atoms with van der Waals surface area (Å²) in [5, 5.41) is 5.28. The van der Waals surface area contributed by atoms with Crippen molar-refractivity contribution in [3.8, 4) is 0 Å². The van der Waals surface area contributed by atoms with Crippen LogP contribution in [0.5, 0.6) is 0 Å². The van der Waals surface area contributed by atoms with E-state index in [9.17, 15) is 9.18 Å². The molecule has 15 heavy (non-hydrogen) atoms. The molecule has 0 heterocycles. The molecule has 0 atom stereocenters. The summed E-state index contributed by atoms with van der Waals surface area (Å²) in [7, 11) is 0. The van der Waals surface area contributed by atoms with Crippen LogP contribution < -0.4 is 10.6 Å². The highest BCUT2D eigenvalue weighted by atomic mass is 19.1. The van der Waals surface area contributed by atoms with Crippen molar-refractivity contribution in [2.24, 2.45) is 0 Å². The Morgan fingerprint density at radius 3 is 2.87 bits per heavy atom. The van der Waals surface area contributed by atoms with Crippen LogP contribution in [0.2, 0.25) is 0 Å². The van der Waals surface area contributed by atoms with Crippen molar-refractivity contribution in [2.45, 2.75) is 0 Å². The molecule has 0 aliphatic carbocycles. The molecule has 0 aliphatic heterocycles. The fraction of sp³-hybridized carbons (Fsp3) is 0.182. The number of hydrogen-bond donors (Lipinski definition) is 2. The molecule has 1 aromatic rings. The molecule has 0 fully saturated rings. The third-order valence-electron chi connectivity index (χ3n) is 1.76. The molecule has 0 aliphatic rings. The van der Waals surface area contributed by atoms with Crippen LogP contribution in [0, 0.1) is 5.82 Å². The first kappa shape index (κ1) is 11.2. The predicted octanol–water partition coefficient (Wildman–Crippen LogP) is 1.54. The molecule has 0 saturated heterocycles. The zero-order valence-corrected chi connectivity index (χ0v) is 8.29. The Hall–Kier alpha value is -1.84. The van der Waals surface area contributed by atoms with Gasteiger partial charge in [-0.3, -0.25) is 4.79 Å². The van der Waals surface area contributed by atoms with Crippen LogP contribution in [0.3, 0.4) is 0 Å². The van der Waals surface area contributed by atoms with Gasteiger partial charge in [0.25, 0.3) is 0 Å². The minimum atomic E-state index is -0.367. The van der Waals surface area contributed by atoms with Gasteiger partial charge in [0.15, 0.2) is 0 Å². The van der Waals surface area contributed by atoms with Crippen LogP contribution in [-0.4, -0.2) is 19.0 Å². The smallest absolute Gasteiger partial charge is 0.239 e. The molecular weight excluding hydrogens is 195 g/mol. The molecule has 0 aromatic heterocycles. The third-order valence-corrected chi connectivity index (χ3v) is 1.76. The highest BCUT2D eigenvalue weighted by Gasteiger charge is 2.02. The van der Waals surface area contributed by atoms with Crippen molar-refractivity contribution in [1.29, 1.82) is 0 Å².